The summed E-state index contributed by atoms with van der Waals surface area (Å²) in [6, 6.07) is 15.2. The number of aromatic hydroxyl groups is 1. The number of methoxy groups -OCH3 is 2. The van der Waals surface area contributed by atoms with Gasteiger partial charge in [0.25, 0.3) is 0 Å². The van der Waals surface area contributed by atoms with Gasteiger partial charge in [0.1, 0.15) is 5.75 Å². The maximum absolute atomic E-state index is 12.6. The predicted octanol–water partition coefficient (Wildman–Crippen LogP) is 2.36. The standard InChI is InChI=1S/C20H21NO5/c1-25-19(23)15-16(20(24)26-2)18(13-8-10-14(22)11-9-13)21-17(15)12-6-4-3-5-7-12/h3-11,15-18,21-22H,1-2H3/t15-,16-,17+,18-/m1/s1. The SMILES string of the molecule is COC(=O)[C@@H]1[C@@H](C(=O)OC)[C@H](c2ccccc2)N[C@@H]1c1ccc(O)cc1. The maximum atomic E-state index is 12.6. The summed E-state index contributed by atoms with van der Waals surface area (Å²) in [5.41, 5.74) is 1.67. The van der Waals surface area contributed by atoms with Crippen molar-refractivity contribution in [2.75, 3.05) is 14.2 Å². The fourth-order valence-electron chi connectivity index (χ4n) is 3.60. The molecule has 0 radical (unpaired) electrons. The third kappa shape index (κ3) is 3.28. The Morgan fingerprint density at radius 3 is 1.73 bits per heavy atom. The van der Waals surface area contributed by atoms with E-state index in [2.05, 4.69) is 5.32 Å². The summed E-state index contributed by atoms with van der Waals surface area (Å²) in [7, 11) is 2.62. The monoisotopic (exact) mass is 355 g/mol. The highest BCUT2D eigenvalue weighted by Crippen LogP contribution is 2.45. The number of phenols is 1. The van der Waals surface area contributed by atoms with Crippen LogP contribution in [0.1, 0.15) is 23.2 Å². The Bertz CT molecular complexity index is 775. The number of ether oxygens (including phenoxy) is 2. The van der Waals surface area contributed by atoms with Gasteiger partial charge in [0.05, 0.1) is 26.1 Å². The van der Waals surface area contributed by atoms with Crippen molar-refractivity contribution >= 4 is 11.9 Å². The third-order valence-electron chi connectivity index (χ3n) is 4.82. The first-order valence-corrected chi connectivity index (χ1v) is 8.32. The van der Waals surface area contributed by atoms with E-state index >= 15 is 0 Å². The number of nitrogens with one attached hydrogen (secondary N) is 1. The zero-order chi connectivity index (χ0) is 18.7. The fourth-order valence-corrected chi connectivity index (χ4v) is 3.60. The second-order valence-corrected chi connectivity index (χ2v) is 6.22. The van der Waals surface area contributed by atoms with E-state index in [1.807, 2.05) is 30.3 Å². The molecule has 1 heterocycles. The van der Waals surface area contributed by atoms with Gasteiger partial charge in [-0.3, -0.25) is 9.59 Å². The molecule has 1 saturated heterocycles. The van der Waals surface area contributed by atoms with E-state index in [0.29, 0.717) is 0 Å². The Morgan fingerprint density at radius 2 is 1.27 bits per heavy atom. The highest BCUT2D eigenvalue weighted by Gasteiger charge is 2.52. The maximum Gasteiger partial charge on any atom is 0.311 e. The van der Waals surface area contributed by atoms with Gasteiger partial charge < -0.3 is 19.9 Å². The average Bonchev–Trinajstić information content (AvgIpc) is 3.08. The summed E-state index contributed by atoms with van der Waals surface area (Å²) in [6.07, 6.45) is 0. The molecule has 136 valence electrons. The molecule has 6 nitrogen and oxygen atoms in total. The third-order valence-corrected chi connectivity index (χ3v) is 4.82. The number of phenolic OH excluding ortho intramolecular Hbond substituents is 1. The molecule has 0 unspecified atom stereocenters. The molecular weight excluding hydrogens is 334 g/mol. The average molecular weight is 355 g/mol. The molecule has 4 atom stereocenters. The van der Waals surface area contributed by atoms with Gasteiger partial charge in [-0.05, 0) is 23.3 Å². The Labute approximate surface area is 151 Å². The number of hydrogen-bond donors (Lipinski definition) is 2. The zero-order valence-corrected chi connectivity index (χ0v) is 14.6. The Balaban J connectivity index is 2.07. The quantitative estimate of drug-likeness (QED) is 0.819. The normalized spacial score (nSPS) is 24.8. The van der Waals surface area contributed by atoms with Crippen molar-refractivity contribution in [3.63, 3.8) is 0 Å². The van der Waals surface area contributed by atoms with Crippen LogP contribution in [0.2, 0.25) is 0 Å². The van der Waals surface area contributed by atoms with E-state index in [9.17, 15) is 14.7 Å². The molecule has 0 saturated carbocycles. The molecule has 0 spiro atoms. The van der Waals surface area contributed by atoms with Crippen LogP contribution in [0.15, 0.2) is 54.6 Å². The molecule has 26 heavy (non-hydrogen) atoms. The first-order valence-electron chi connectivity index (χ1n) is 8.32. The lowest BCUT2D eigenvalue weighted by Crippen LogP contribution is -2.32. The number of benzene rings is 2. The van der Waals surface area contributed by atoms with Gasteiger partial charge in [-0.2, -0.15) is 0 Å². The van der Waals surface area contributed by atoms with Crippen LogP contribution in [0.5, 0.6) is 5.75 Å². The van der Waals surface area contributed by atoms with Crippen molar-refractivity contribution in [2.24, 2.45) is 11.8 Å². The van der Waals surface area contributed by atoms with Crippen LogP contribution < -0.4 is 5.32 Å². The molecule has 0 aliphatic carbocycles. The van der Waals surface area contributed by atoms with Crippen LogP contribution in [0.3, 0.4) is 0 Å². The molecule has 2 N–H and O–H groups in total. The van der Waals surface area contributed by atoms with Crippen LogP contribution in [-0.2, 0) is 19.1 Å². The zero-order valence-electron chi connectivity index (χ0n) is 14.6. The summed E-state index contributed by atoms with van der Waals surface area (Å²) in [5.74, 6) is -2.30. The van der Waals surface area contributed by atoms with Gasteiger partial charge in [-0.25, -0.2) is 0 Å². The topological polar surface area (TPSA) is 84.9 Å². The summed E-state index contributed by atoms with van der Waals surface area (Å²) in [5, 5.41) is 12.9. The van der Waals surface area contributed by atoms with Gasteiger partial charge >= 0.3 is 11.9 Å². The van der Waals surface area contributed by atoms with E-state index in [1.54, 1.807) is 24.3 Å². The summed E-state index contributed by atoms with van der Waals surface area (Å²) >= 11 is 0. The van der Waals surface area contributed by atoms with Crippen molar-refractivity contribution in [1.82, 2.24) is 5.32 Å². The van der Waals surface area contributed by atoms with Gasteiger partial charge in [0.2, 0.25) is 0 Å². The van der Waals surface area contributed by atoms with E-state index < -0.39 is 35.9 Å². The van der Waals surface area contributed by atoms with Crippen LogP contribution in [-0.4, -0.2) is 31.3 Å². The van der Waals surface area contributed by atoms with Gasteiger partial charge in [-0.1, -0.05) is 42.5 Å². The molecule has 3 rings (SSSR count). The minimum absolute atomic E-state index is 0.130. The van der Waals surface area contributed by atoms with Gasteiger partial charge in [0.15, 0.2) is 0 Å². The molecule has 0 amide bonds. The fraction of sp³-hybridized carbons (Fsp3) is 0.300. The number of esters is 2. The summed E-state index contributed by atoms with van der Waals surface area (Å²) in [6.45, 7) is 0. The second-order valence-electron chi connectivity index (χ2n) is 6.22. The van der Waals surface area contributed by atoms with Gasteiger partial charge in [0, 0.05) is 12.1 Å². The van der Waals surface area contributed by atoms with Crippen molar-refractivity contribution < 1.29 is 24.2 Å². The molecule has 1 aliphatic heterocycles. The van der Waals surface area contributed by atoms with Crippen LogP contribution in [0, 0.1) is 11.8 Å². The Kier molecular flexibility index (Phi) is 5.23. The smallest absolute Gasteiger partial charge is 0.311 e. The lowest BCUT2D eigenvalue weighted by molar-refractivity contribution is -0.157. The molecule has 0 bridgehead atoms. The highest BCUT2D eigenvalue weighted by atomic mass is 16.5. The molecule has 2 aromatic carbocycles. The molecule has 1 fully saturated rings. The van der Waals surface area contributed by atoms with E-state index in [4.69, 9.17) is 9.47 Å². The van der Waals surface area contributed by atoms with Crippen molar-refractivity contribution in [3.05, 3.63) is 65.7 Å². The lowest BCUT2D eigenvalue weighted by atomic mass is 9.82. The number of carbonyl (C=O) groups excluding carboxylic acids is 2. The Morgan fingerprint density at radius 1 is 0.808 bits per heavy atom. The molecule has 6 heteroatoms. The largest absolute Gasteiger partial charge is 0.508 e. The van der Waals surface area contributed by atoms with E-state index in [-0.39, 0.29) is 5.75 Å². The lowest BCUT2D eigenvalue weighted by Gasteiger charge is -2.21. The minimum Gasteiger partial charge on any atom is -0.508 e. The molecule has 0 aromatic heterocycles. The number of carbonyl (C=O) groups is 2. The Hall–Kier alpha value is -2.86. The van der Waals surface area contributed by atoms with Gasteiger partial charge in [-0.15, -0.1) is 0 Å². The van der Waals surface area contributed by atoms with Crippen LogP contribution in [0.25, 0.3) is 0 Å². The van der Waals surface area contributed by atoms with Crippen LogP contribution >= 0.6 is 0 Å². The van der Waals surface area contributed by atoms with Crippen LogP contribution in [0.4, 0.5) is 0 Å². The van der Waals surface area contributed by atoms with E-state index in [0.717, 1.165) is 11.1 Å². The van der Waals surface area contributed by atoms with Crippen molar-refractivity contribution in [1.29, 1.82) is 0 Å². The minimum atomic E-state index is -0.748. The first kappa shape index (κ1) is 17.9. The number of rotatable bonds is 4. The second kappa shape index (κ2) is 7.58. The summed E-state index contributed by atoms with van der Waals surface area (Å²) in [4.78, 5) is 25.1. The molecular formula is C20H21NO5. The first-order chi connectivity index (χ1) is 12.6. The highest BCUT2D eigenvalue weighted by molar-refractivity contribution is 5.84. The summed E-state index contributed by atoms with van der Waals surface area (Å²) < 4.78 is 9.97. The predicted molar refractivity (Wildman–Crippen MR) is 94.2 cm³/mol. The van der Waals surface area contributed by atoms with Crippen molar-refractivity contribution in [3.8, 4) is 5.75 Å². The number of hydrogen-bond acceptors (Lipinski definition) is 6. The molecule has 1 aliphatic rings. The van der Waals surface area contributed by atoms with E-state index in [1.165, 1.54) is 14.2 Å². The molecule has 2 aromatic rings. The van der Waals surface area contributed by atoms with Crippen molar-refractivity contribution in [2.45, 2.75) is 12.1 Å².